The summed E-state index contributed by atoms with van der Waals surface area (Å²) in [6.07, 6.45) is 8.60. The number of ether oxygens (including phenoxy) is 5. The van der Waals surface area contributed by atoms with Gasteiger partial charge in [0.15, 0.2) is 0 Å². The standard InChI is InChI=1S/C20H38O7/c1-3-5-7-9-11-26-19(21)17-24-15-13-23-14-16-25-18-20(22)27-12-10-8-6-4-2/h3-18H2,1-2H3. The molecule has 0 heterocycles. The van der Waals surface area contributed by atoms with E-state index in [9.17, 15) is 9.59 Å². The molecule has 0 aromatic carbocycles. The molecule has 0 aliphatic heterocycles. The summed E-state index contributed by atoms with van der Waals surface area (Å²) in [5.74, 6) is -0.689. The van der Waals surface area contributed by atoms with E-state index in [1.807, 2.05) is 0 Å². The highest BCUT2D eigenvalue weighted by atomic mass is 16.6. The average Bonchev–Trinajstić information content (AvgIpc) is 2.66. The van der Waals surface area contributed by atoms with Gasteiger partial charge in [0.25, 0.3) is 0 Å². The largest absolute Gasteiger partial charge is 0.464 e. The first-order chi connectivity index (χ1) is 13.2. The van der Waals surface area contributed by atoms with Gasteiger partial charge in [0.1, 0.15) is 13.2 Å². The van der Waals surface area contributed by atoms with Gasteiger partial charge in [-0.05, 0) is 12.8 Å². The number of carbonyl (C=O) groups is 2. The molecule has 27 heavy (non-hydrogen) atoms. The summed E-state index contributed by atoms with van der Waals surface area (Å²) in [7, 11) is 0. The van der Waals surface area contributed by atoms with Crippen LogP contribution in [0.2, 0.25) is 0 Å². The summed E-state index contributed by atoms with van der Waals surface area (Å²) in [6, 6.07) is 0. The molecule has 0 aromatic rings. The molecule has 0 bridgehead atoms. The van der Waals surface area contributed by atoms with Gasteiger partial charge in [0, 0.05) is 0 Å². The minimum absolute atomic E-state index is 0.0578. The van der Waals surface area contributed by atoms with E-state index in [1.54, 1.807) is 0 Å². The molecule has 7 nitrogen and oxygen atoms in total. The maximum absolute atomic E-state index is 11.4. The van der Waals surface area contributed by atoms with Gasteiger partial charge in [-0.2, -0.15) is 0 Å². The summed E-state index contributed by atoms with van der Waals surface area (Å²) >= 11 is 0. The van der Waals surface area contributed by atoms with Crippen LogP contribution in [0.15, 0.2) is 0 Å². The van der Waals surface area contributed by atoms with Crippen molar-refractivity contribution in [2.24, 2.45) is 0 Å². The van der Waals surface area contributed by atoms with Crippen molar-refractivity contribution >= 4 is 11.9 Å². The zero-order valence-corrected chi connectivity index (χ0v) is 17.2. The fourth-order valence-corrected chi connectivity index (χ4v) is 2.16. The number of esters is 2. The number of unbranched alkanes of at least 4 members (excludes halogenated alkanes) is 6. The van der Waals surface area contributed by atoms with Gasteiger partial charge in [-0.15, -0.1) is 0 Å². The second-order valence-electron chi connectivity index (χ2n) is 6.28. The first kappa shape index (κ1) is 25.8. The quantitative estimate of drug-likeness (QED) is 0.233. The average molecular weight is 391 g/mol. The van der Waals surface area contributed by atoms with Crippen molar-refractivity contribution in [3.05, 3.63) is 0 Å². The first-order valence-corrected chi connectivity index (χ1v) is 10.2. The maximum Gasteiger partial charge on any atom is 0.332 e. The van der Waals surface area contributed by atoms with Crippen molar-refractivity contribution in [2.45, 2.75) is 65.2 Å². The van der Waals surface area contributed by atoms with Crippen LogP contribution >= 0.6 is 0 Å². The van der Waals surface area contributed by atoms with Crippen LogP contribution in [0.25, 0.3) is 0 Å². The highest BCUT2D eigenvalue weighted by molar-refractivity contribution is 5.70. The van der Waals surface area contributed by atoms with Crippen molar-refractivity contribution in [3.8, 4) is 0 Å². The van der Waals surface area contributed by atoms with E-state index in [2.05, 4.69) is 13.8 Å². The van der Waals surface area contributed by atoms with Crippen molar-refractivity contribution in [1.82, 2.24) is 0 Å². The Labute approximate surface area is 164 Å². The Morgan fingerprint density at radius 2 is 0.926 bits per heavy atom. The number of rotatable bonds is 20. The third kappa shape index (κ3) is 21.0. The Bertz CT molecular complexity index is 315. The van der Waals surface area contributed by atoms with Crippen molar-refractivity contribution in [2.75, 3.05) is 52.9 Å². The van der Waals surface area contributed by atoms with E-state index >= 15 is 0 Å². The fraction of sp³-hybridized carbons (Fsp3) is 0.900. The van der Waals surface area contributed by atoms with Crippen LogP contribution in [0.4, 0.5) is 0 Å². The summed E-state index contributed by atoms with van der Waals surface area (Å²) in [6.45, 7) is 6.40. The number of carbonyl (C=O) groups excluding carboxylic acids is 2. The zero-order chi connectivity index (χ0) is 20.0. The molecule has 0 fully saturated rings. The maximum atomic E-state index is 11.4. The summed E-state index contributed by atoms with van der Waals surface area (Å²) in [4.78, 5) is 22.8. The first-order valence-electron chi connectivity index (χ1n) is 10.2. The molecule has 0 rings (SSSR count). The van der Waals surface area contributed by atoms with Gasteiger partial charge in [-0.25, -0.2) is 9.59 Å². The van der Waals surface area contributed by atoms with Crippen LogP contribution in [0.3, 0.4) is 0 Å². The lowest BCUT2D eigenvalue weighted by Crippen LogP contribution is -2.18. The molecule has 0 saturated heterocycles. The van der Waals surface area contributed by atoms with Crippen LogP contribution in [0.1, 0.15) is 65.2 Å². The molecule has 0 aliphatic carbocycles. The predicted molar refractivity (Wildman–Crippen MR) is 103 cm³/mol. The molecule has 0 amide bonds. The van der Waals surface area contributed by atoms with Gasteiger partial charge in [-0.1, -0.05) is 52.4 Å². The van der Waals surface area contributed by atoms with E-state index in [4.69, 9.17) is 23.7 Å². The summed E-state index contributed by atoms with van der Waals surface area (Å²) in [5, 5.41) is 0. The highest BCUT2D eigenvalue weighted by Gasteiger charge is 2.04. The number of hydrogen-bond donors (Lipinski definition) is 0. The minimum atomic E-state index is -0.344. The Balaban J connectivity index is 3.23. The van der Waals surface area contributed by atoms with E-state index in [0.717, 1.165) is 51.4 Å². The van der Waals surface area contributed by atoms with E-state index in [-0.39, 0.29) is 25.2 Å². The third-order valence-corrected chi connectivity index (χ3v) is 3.71. The van der Waals surface area contributed by atoms with Gasteiger partial charge in [0.05, 0.1) is 39.6 Å². The minimum Gasteiger partial charge on any atom is -0.464 e. The molecule has 0 aromatic heterocycles. The molecular formula is C20H38O7. The lowest BCUT2D eigenvalue weighted by Gasteiger charge is -2.07. The number of hydrogen-bond acceptors (Lipinski definition) is 7. The second kappa shape index (κ2) is 21.1. The third-order valence-electron chi connectivity index (χ3n) is 3.71. The zero-order valence-electron chi connectivity index (χ0n) is 17.2. The molecule has 7 heteroatoms. The van der Waals surface area contributed by atoms with Gasteiger partial charge in [0.2, 0.25) is 0 Å². The van der Waals surface area contributed by atoms with E-state index in [0.29, 0.717) is 39.6 Å². The van der Waals surface area contributed by atoms with Crippen LogP contribution in [0, 0.1) is 0 Å². The molecule has 0 aliphatic rings. The van der Waals surface area contributed by atoms with Crippen molar-refractivity contribution in [3.63, 3.8) is 0 Å². The van der Waals surface area contributed by atoms with Crippen LogP contribution in [-0.4, -0.2) is 64.8 Å². The Hall–Kier alpha value is -1.18. The molecule has 160 valence electrons. The molecular weight excluding hydrogens is 352 g/mol. The van der Waals surface area contributed by atoms with Gasteiger partial charge >= 0.3 is 11.9 Å². The summed E-state index contributed by atoms with van der Waals surface area (Å²) < 4.78 is 25.7. The molecule has 0 N–H and O–H groups in total. The van der Waals surface area contributed by atoms with E-state index in [1.165, 1.54) is 0 Å². The lowest BCUT2D eigenvalue weighted by molar-refractivity contribution is -0.149. The van der Waals surface area contributed by atoms with Crippen molar-refractivity contribution in [1.29, 1.82) is 0 Å². The Morgan fingerprint density at radius 1 is 0.519 bits per heavy atom. The molecule has 0 unspecified atom stereocenters. The van der Waals surface area contributed by atoms with Crippen LogP contribution in [-0.2, 0) is 33.3 Å². The Morgan fingerprint density at radius 3 is 1.33 bits per heavy atom. The molecule has 0 saturated carbocycles. The second-order valence-corrected chi connectivity index (χ2v) is 6.28. The van der Waals surface area contributed by atoms with Gasteiger partial charge < -0.3 is 23.7 Å². The summed E-state index contributed by atoms with van der Waals surface area (Å²) in [5.41, 5.74) is 0. The van der Waals surface area contributed by atoms with Crippen molar-refractivity contribution < 1.29 is 33.3 Å². The van der Waals surface area contributed by atoms with Crippen LogP contribution < -0.4 is 0 Å². The smallest absolute Gasteiger partial charge is 0.332 e. The van der Waals surface area contributed by atoms with Gasteiger partial charge in [-0.3, -0.25) is 0 Å². The predicted octanol–water partition coefficient (Wildman–Crippen LogP) is 3.28. The normalized spacial score (nSPS) is 10.7. The highest BCUT2D eigenvalue weighted by Crippen LogP contribution is 2.00. The molecule has 0 spiro atoms. The van der Waals surface area contributed by atoms with Crippen LogP contribution in [0.5, 0.6) is 0 Å². The SMILES string of the molecule is CCCCCCOC(=O)COCCOCCOCC(=O)OCCCCCC. The monoisotopic (exact) mass is 390 g/mol. The fourth-order valence-electron chi connectivity index (χ4n) is 2.16. The molecule has 0 atom stereocenters. The Kier molecular flexibility index (Phi) is 20.2. The van der Waals surface area contributed by atoms with E-state index < -0.39 is 0 Å². The lowest BCUT2D eigenvalue weighted by atomic mass is 10.2. The molecule has 0 radical (unpaired) electrons. The topological polar surface area (TPSA) is 80.3 Å².